The molecule has 4 rings (SSSR count). The number of rotatable bonds is 5. The van der Waals surface area contributed by atoms with Crippen molar-refractivity contribution in [3.63, 3.8) is 0 Å². The molecule has 0 aromatic carbocycles. The van der Waals surface area contributed by atoms with Gasteiger partial charge in [-0.1, -0.05) is 19.0 Å². The largest absolute Gasteiger partial charge is 0.341 e. The number of hydrogen-bond acceptors (Lipinski definition) is 6. The van der Waals surface area contributed by atoms with Gasteiger partial charge in [0.2, 0.25) is 11.8 Å². The number of amides is 1. The van der Waals surface area contributed by atoms with E-state index in [1.54, 1.807) is 0 Å². The SMILES string of the molecule is C[C@@H]1C[C@@H](C)CN(C(=O)CN2CCN([C@@H](C)c3nc(C4CC4)no3)CC2)C1. The summed E-state index contributed by atoms with van der Waals surface area (Å²) in [5, 5.41) is 4.14. The number of carbonyl (C=O) groups is 1. The predicted octanol–water partition coefficient (Wildman–Crippen LogP) is 2.13. The highest BCUT2D eigenvalue weighted by Crippen LogP contribution is 2.38. The highest BCUT2D eigenvalue weighted by molar-refractivity contribution is 5.78. The maximum atomic E-state index is 12.7. The number of hydrogen-bond donors (Lipinski definition) is 0. The average Bonchev–Trinajstić information content (AvgIpc) is 3.38. The van der Waals surface area contributed by atoms with Crippen molar-refractivity contribution >= 4 is 5.91 Å². The Morgan fingerprint density at radius 2 is 1.81 bits per heavy atom. The summed E-state index contributed by atoms with van der Waals surface area (Å²) in [6.45, 7) is 12.7. The Kier molecular flexibility index (Phi) is 5.50. The van der Waals surface area contributed by atoms with E-state index in [1.807, 2.05) is 0 Å². The molecule has 0 radical (unpaired) electrons. The molecule has 1 aromatic rings. The molecule has 0 unspecified atom stereocenters. The van der Waals surface area contributed by atoms with Crippen molar-refractivity contribution in [2.75, 3.05) is 45.8 Å². The van der Waals surface area contributed by atoms with Crippen LogP contribution in [0.25, 0.3) is 0 Å². The fourth-order valence-corrected chi connectivity index (χ4v) is 4.55. The molecule has 3 fully saturated rings. The van der Waals surface area contributed by atoms with E-state index < -0.39 is 0 Å². The molecule has 150 valence electrons. The number of piperazine rings is 1. The van der Waals surface area contributed by atoms with Crippen molar-refractivity contribution in [2.45, 2.75) is 52.0 Å². The van der Waals surface area contributed by atoms with Gasteiger partial charge in [-0.15, -0.1) is 0 Å². The van der Waals surface area contributed by atoms with Crippen LogP contribution in [0.5, 0.6) is 0 Å². The molecule has 3 atom stereocenters. The molecule has 7 heteroatoms. The fourth-order valence-electron chi connectivity index (χ4n) is 4.55. The van der Waals surface area contributed by atoms with E-state index in [4.69, 9.17) is 4.52 Å². The lowest BCUT2D eigenvalue weighted by molar-refractivity contribution is -0.135. The summed E-state index contributed by atoms with van der Waals surface area (Å²) >= 11 is 0. The van der Waals surface area contributed by atoms with Gasteiger partial charge in [0.25, 0.3) is 0 Å². The number of nitrogens with zero attached hydrogens (tertiary/aromatic N) is 5. The van der Waals surface area contributed by atoms with E-state index in [-0.39, 0.29) is 6.04 Å². The quantitative estimate of drug-likeness (QED) is 0.785. The lowest BCUT2D eigenvalue weighted by Crippen LogP contribution is -2.52. The molecule has 0 spiro atoms. The molecule has 1 amide bonds. The van der Waals surface area contributed by atoms with Crippen LogP contribution in [0, 0.1) is 11.8 Å². The Balaban J connectivity index is 1.25. The van der Waals surface area contributed by atoms with E-state index in [0.717, 1.165) is 51.0 Å². The number of carbonyl (C=O) groups excluding carboxylic acids is 1. The zero-order valence-corrected chi connectivity index (χ0v) is 16.9. The van der Waals surface area contributed by atoms with Crippen LogP contribution >= 0.6 is 0 Å². The number of likely N-dealkylation sites (tertiary alicyclic amines) is 1. The Morgan fingerprint density at radius 3 is 2.44 bits per heavy atom. The molecular formula is C20H33N5O2. The molecule has 3 heterocycles. The second-order valence-corrected chi connectivity index (χ2v) is 9.00. The van der Waals surface area contributed by atoms with Gasteiger partial charge < -0.3 is 9.42 Å². The molecule has 0 N–H and O–H groups in total. The van der Waals surface area contributed by atoms with Crippen LogP contribution in [0.2, 0.25) is 0 Å². The van der Waals surface area contributed by atoms with Crippen molar-refractivity contribution in [3.8, 4) is 0 Å². The normalized spacial score (nSPS) is 29.1. The van der Waals surface area contributed by atoms with Gasteiger partial charge in [-0.25, -0.2) is 0 Å². The Hall–Kier alpha value is -1.47. The van der Waals surface area contributed by atoms with Crippen molar-refractivity contribution < 1.29 is 9.32 Å². The number of aromatic nitrogens is 2. The van der Waals surface area contributed by atoms with Crippen LogP contribution in [0.1, 0.15) is 63.7 Å². The lowest BCUT2D eigenvalue weighted by Gasteiger charge is -2.39. The topological polar surface area (TPSA) is 65.7 Å². The maximum absolute atomic E-state index is 12.7. The van der Waals surface area contributed by atoms with E-state index >= 15 is 0 Å². The monoisotopic (exact) mass is 375 g/mol. The zero-order chi connectivity index (χ0) is 19.0. The summed E-state index contributed by atoms with van der Waals surface area (Å²) in [5.41, 5.74) is 0. The minimum Gasteiger partial charge on any atom is -0.341 e. The second-order valence-electron chi connectivity index (χ2n) is 9.00. The summed E-state index contributed by atoms with van der Waals surface area (Å²) in [5.74, 6) is 3.66. The van der Waals surface area contributed by atoms with Crippen LogP contribution in [-0.4, -0.2) is 76.6 Å². The molecular weight excluding hydrogens is 342 g/mol. The van der Waals surface area contributed by atoms with Gasteiger partial charge in [0, 0.05) is 45.2 Å². The molecule has 2 aliphatic heterocycles. The third kappa shape index (κ3) is 4.51. The van der Waals surface area contributed by atoms with Gasteiger partial charge in [-0.3, -0.25) is 14.6 Å². The van der Waals surface area contributed by atoms with Gasteiger partial charge >= 0.3 is 0 Å². The molecule has 2 saturated heterocycles. The van der Waals surface area contributed by atoms with Crippen LogP contribution in [0.15, 0.2) is 4.52 Å². The Labute approximate surface area is 162 Å². The summed E-state index contributed by atoms with van der Waals surface area (Å²) in [6.07, 6.45) is 3.61. The summed E-state index contributed by atoms with van der Waals surface area (Å²) in [7, 11) is 0. The first kappa shape index (κ1) is 18.9. The Bertz CT molecular complexity index is 641. The third-order valence-electron chi connectivity index (χ3n) is 6.29. The van der Waals surface area contributed by atoms with Gasteiger partial charge in [0.1, 0.15) is 0 Å². The van der Waals surface area contributed by atoms with E-state index in [2.05, 4.69) is 45.6 Å². The smallest absolute Gasteiger partial charge is 0.243 e. The lowest BCUT2D eigenvalue weighted by atomic mass is 9.92. The molecule has 1 aromatic heterocycles. The van der Waals surface area contributed by atoms with Crippen LogP contribution in [0.3, 0.4) is 0 Å². The van der Waals surface area contributed by atoms with Crippen LogP contribution in [0.4, 0.5) is 0 Å². The maximum Gasteiger partial charge on any atom is 0.243 e. The Morgan fingerprint density at radius 1 is 1.15 bits per heavy atom. The van der Waals surface area contributed by atoms with E-state index in [9.17, 15) is 4.79 Å². The van der Waals surface area contributed by atoms with Crippen LogP contribution < -0.4 is 0 Å². The second kappa shape index (κ2) is 7.87. The first-order valence-electron chi connectivity index (χ1n) is 10.6. The molecule has 27 heavy (non-hydrogen) atoms. The van der Waals surface area contributed by atoms with Crippen molar-refractivity contribution in [1.82, 2.24) is 24.8 Å². The standard InChI is InChI=1S/C20H33N5O2/c1-14-10-15(2)12-25(11-14)18(26)13-23-6-8-24(9-7-23)16(3)20-21-19(22-27-20)17-4-5-17/h14-17H,4-13H2,1-3H3/t14-,15-,16+/m1/s1. The first-order valence-corrected chi connectivity index (χ1v) is 10.6. The predicted molar refractivity (Wildman–Crippen MR) is 102 cm³/mol. The number of piperidine rings is 1. The van der Waals surface area contributed by atoms with Crippen molar-refractivity contribution in [2.24, 2.45) is 11.8 Å². The van der Waals surface area contributed by atoms with Crippen molar-refractivity contribution in [3.05, 3.63) is 11.7 Å². The molecule has 3 aliphatic rings. The molecule has 1 aliphatic carbocycles. The van der Waals surface area contributed by atoms with Gasteiger partial charge in [0.05, 0.1) is 12.6 Å². The summed E-state index contributed by atoms with van der Waals surface area (Å²) in [6, 6.07) is 0.145. The van der Waals surface area contributed by atoms with Crippen LogP contribution in [-0.2, 0) is 4.79 Å². The van der Waals surface area contributed by atoms with E-state index in [1.165, 1.54) is 19.3 Å². The molecule has 1 saturated carbocycles. The summed E-state index contributed by atoms with van der Waals surface area (Å²) < 4.78 is 5.49. The molecule has 7 nitrogen and oxygen atoms in total. The summed E-state index contributed by atoms with van der Waals surface area (Å²) in [4.78, 5) is 24.1. The fraction of sp³-hybridized carbons (Fsp3) is 0.850. The van der Waals surface area contributed by atoms with E-state index in [0.29, 0.717) is 30.2 Å². The third-order valence-corrected chi connectivity index (χ3v) is 6.29. The average molecular weight is 376 g/mol. The van der Waals surface area contributed by atoms with Gasteiger partial charge in [0.15, 0.2) is 5.82 Å². The highest BCUT2D eigenvalue weighted by atomic mass is 16.5. The minimum atomic E-state index is 0.145. The highest BCUT2D eigenvalue weighted by Gasteiger charge is 2.32. The van der Waals surface area contributed by atoms with Gasteiger partial charge in [-0.2, -0.15) is 4.98 Å². The zero-order valence-electron chi connectivity index (χ0n) is 16.9. The first-order chi connectivity index (χ1) is 13.0. The minimum absolute atomic E-state index is 0.145. The van der Waals surface area contributed by atoms with Crippen molar-refractivity contribution in [1.29, 1.82) is 0 Å². The molecule has 0 bridgehead atoms. The van der Waals surface area contributed by atoms with Gasteiger partial charge in [-0.05, 0) is 38.0 Å².